The Morgan fingerprint density at radius 2 is 1.82 bits per heavy atom. The van der Waals surface area contributed by atoms with E-state index in [2.05, 4.69) is 43.8 Å². The molecular weight excluding hydrogens is 230 g/mol. The minimum atomic E-state index is 0.171. The lowest BCUT2D eigenvalue weighted by molar-refractivity contribution is -0.129. The molecule has 0 aliphatic carbocycles. The molecule has 0 aromatic heterocycles. The lowest BCUT2D eigenvalue weighted by Crippen LogP contribution is -2.28. The molecule has 0 spiro atoms. The number of benzene rings is 1. The largest absolute Gasteiger partial charge is 0.345 e. The third-order valence-electron chi connectivity index (χ3n) is 2.92. The van der Waals surface area contributed by atoms with Crippen molar-refractivity contribution in [1.82, 2.24) is 4.90 Å². The highest BCUT2D eigenvalue weighted by Gasteiger charge is 2.06. The minimum Gasteiger partial charge on any atom is -0.345 e. The van der Waals surface area contributed by atoms with Crippen LogP contribution in [0.15, 0.2) is 24.3 Å². The maximum absolute atomic E-state index is 11.5. The summed E-state index contributed by atoms with van der Waals surface area (Å²) >= 11 is 4.07. The summed E-state index contributed by atoms with van der Waals surface area (Å²) in [5.74, 6) is 0.791. The van der Waals surface area contributed by atoms with E-state index < -0.39 is 0 Å². The summed E-state index contributed by atoms with van der Waals surface area (Å²) in [5, 5.41) is 0. The van der Waals surface area contributed by atoms with E-state index in [4.69, 9.17) is 0 Å². The molecule has 3 heteroatoms. The Balaban J connectivity index is 2.41. The van der Waals surface area contributed by atoms with E-state index in [0.717, 1.165) is 19.4 Å². The van der Waals surface area contributed by atoms with E-state index in [-0.39, 0.29) is 5.91 Å². The zero-order chi connectivity index (χ0) is 12.7. The molecule has 17 heavy (non-hydrogen) atoms. The van der Waals surface area contributed by atoms with Crippen molar-refractivity contribution < 1.29 is 4.79 Å². The van der Waals surface area contributed by atoms with Crippen molar-refractivity contribution in [3.63, 3.8) is 0 Å². The molecule has 0 aliphatic rings. The summed E-state index contributed by atoms with van der Waals surface area (Å²) in [6, 6.07) is 8.61. The van der Waals surface area contributed by atoms with Crippen LogP contribution in [0, 0.1) is 0 Å². The molecule has 0 radical (unpaired) electrons. The maximum Gasteiger partial charge on any atom is 0.223 e. The van der Waals surface area contributed by atoms with E-state index in [0.29, 0.717) is 12.2 Å². The number of nitrogens with zero attached hydrogens (tertiary/aromatic N) is 1. The van der Waals surface area contributed by atoms with Crippen LogP contribution in [-0.4, -0.2) is 30.2 Å². The number of carbonyl (C=O) groups is 1. The average molecular weight is 251 g/mol. The number of thiol groups is 1. The molecule has 1 amide bonds. The summed E-state index contributed by atoms with van der Waals surface area (Å²) in [7, 11) is 1.85. The molecule has 0 atom stereocenters. The van der Waals surface area contributed by atoms with Crippen LogP contribution in [0.4, 0.5) is 0 Å². The fourth-order valence-corrected chi connectivity index (χ4v) is 1.84. The summed E-state index contributed by atoms with van der Waals surface area (Å²) < 4.78 is 0. The molecule has 1 aromatic carbocycles. The Morgan fingerprint density at radius 1 is 1.24 bits per heavy atom. The third-order valence-corrected chi connectivity index (χ3v) is 3.14. The van der Waals surface area contributed by atoms with Gasteiger partial charge in [-0.05, 0) is 29.7 Å². The van der Waals surface area contributed by atoms with Crippen molar-refractivity contribution >= 4 is 18.5 Å². The van der Waals surface area contributed by atoms with Crippen molar-refractivity contribution in [3.8, 4) is 0 Å². The molecule has 0 unspecified atom stereocenters. The summed E-state index contributed by atoms with van der Waals surface area (Å²) in [4.78, 5) is 13.3. The van der Waals surface area contributed by atoms with Gasteiger partial charge in [0.1, 0.15) is 0 Å². The summed E-state index contributed by atoms with van der Waals surface area (Å²) in [6.45, 7) is 2.93. The summed E-state index contributed by atoms with van der Waals surface area (Å²) in [5.41, 5.74) is 2.64. The number of aryl methyl sites for hydroxylation is 1. The van der Waals surface area contributed by atoms with Crippen LogP contribution >= 0.6 is 12.6 Å². The second-order valence-electron chi connectivity index (χ2n) is 4.21. The fourth-order valence-electron chi connectivity index (χ4n) is 1.65. The molecule has 1 aromatic rings. The van der Waals surface area contributed by atoms with Crippen LogP contribution in [-0.2, 0) is 17.6 Å². The number of amides is 1. The number of hydrogen-bond donors (Lipinski definition) is 1. The van der Waals surface area contributed by atoms with Gasteiger partial charge >= 0.3 is 0 Å². The number of likely N-dealkylation sites (N-methyl/N-ethyl adjacent to an activating group) is 1. The fraction of sp³-hybridized carbons (Fsp3) is 0.500. The molecule has 0 saturated carbocycles. The Kier molecular flexibility index (Phi) is 6.12. The number of carbonyl (C=O) groups excluding carboxylic acids is 1. The predicted octanol–water partition coefficient (Wildman–Crippen LogP) is 2.57. The molecule has 2 nitrogen and oxygen atoms in total. The normalized spacial score (nSPS) is 10.3. The van der Waals surface area contributed by atoms with Gasteiger partial charge in [-0.25, -0.2) is 0 Å². The topological polar surface area (TPSA) is 20.3 Å². The van der Waals surface area contributed by atoms with Crippen LogP contribution in [0.1, 0.15) is 24.5 Å². The highest BCUT2D eigenvalue weighted by molar-refractivity contribution is 7.80. The van der Waals surface area contributed by atoms with Gasteiger partial charge in [-0.15, -0.1) is 0 Å². The average Bonchev–Trinajstić information content (AvgIpc) is 2.36. The maximum atomic E-state index is 11.5. The first-order valence-electron chi connectivity index (χ1n) is 6.10. The van der Waals surface area contributed by atoms with Crippen LogP contribution in [0.3, 0.4) is 0 Å². The number of hydrogen-bond acceptors (Lipinski definition) is 2. The van der Waals surface area contributed by atoms with Gasteiger partial charge in [0, 0.05) is 20.0 Å². The lowest BCUT2D eigenvalue weighted by Gasteiger charge is -2.16. The van der Waals surface area contributed by atoms with Gasteiger partial charge in [0.05, 0.1) is 0 Å². The highest BCUT2D eigenvalue weighted by atomic mass is 32.1. The standard InChI is InChI=1S/C14H21NOS/c1-3-12-4-6-13(7-5-12)8-10-15(2)14(16)9-11-17/h4-7,17H,3,8-11H2,1-2H3. The van der Waals surface area contributed by atoms with Crippen LogP contribution in [0.5, 0.6) is 0 Å². The van der Waals surface area contributed by atoms with Gasteiger partial charge in [-0.3, -0.25) is 4.79 Å². The zero-order valence-corrected chi connectivity index (χ0v) is 11.5. The highest BCUT2D eigenvalue weighted by Crippen LogP contribution is 2.06. The SMILES string of the molecule is CCc1ccc(CCN(C)C(=O)CCS)cc1. The van der Waals surface area contributed by atoms with Gasteiger partial charge in [0.15, 0.2) is 0 Å². The van der Waals surface area contributed by atoms with E-state index in [1.54, 1.807) is 4.90 Å². The van der Waals surface area contributed by atoms with Gasteiger partial charge in [0.25, 0.3) is 0 Å². The summed E-state index contributed by atoms with van der Waals surface area (Å²) in [6.07, 6.45) is 2.51. The first-order chi connectivity index (χ1) is 8.17. The second kappa shape index (κ2) is 7.38. The van der Waals surface area contributed by atoms with Crippen molar-refractivity contribution in [2.24, 2.45) is 0 Å². The quantitative estimate of drug-likeness (QED) is 0.771. The molecule has 94 valence electrons. The van der Waals surface area contributed by atoms with E-state index in [1.807, 2.05) is 7.05 Å². The Bertz CT molecular complexity index is 348. The molecule has 0 bridgehead atoms. The van der Waals surface area contributed by atoms with E-state index in [9.17, 15) is 4.79 Å². The van der Waals surface area contributed by atoms with E-state index >= 15 is 0 Å². The molecule has 0 fully saturated rings. The van der Waals surface area contributed by atoms with Crippen molar-refractivity contribution in [1.29, 1.82) is 0 Å². The van der Waals surface area contributed by atoms with E-state index in [1.165, 1.54) is 11.1 Å². The van der Waals surface area contributed by atoms with Gasteiger partial charge in [-0.2, -0.15) is 12.6 Å². The molecule has 0 saturated heterocycles. The monoisotopic (exact) mass is 251 g/mol. The Hall–Kier alpha value is -0.960. The van der Waals surface area contributed by atoms with Gasteiger partial charge < -0.3 is 4.90 Å². The molecule has 1 rings (SSSR count). The van der Waals surface area contributed by atoms with Gasteiger partial charge in [-0.1, -0.05) is 31.2 Å². The number of rotatable bonds is 6. The van der Waals surface area contributed by atoms with Crippen LogP contribution in [0.25, 0.3) is 0 Å². The second-order valence-corrected chi connectivity index (χ2v) is 4.66. The molecule has 0 aliphatic heterocycles. The Labute approximate surface area is 109 Å². The van der Waals surface area contributed by atoms with Crippen molar-refractivity contribution in [2.45, 2.75) is 26.2 Å². The minimum absolute atomic E-state index is 0.171. The first-order valence-corrected chi connectivity index (χ1v) is 6.73. The van der Waals surface area contributed by atoms with Crippen LogP contribution in [0.2, 0.25) is 0 Å². The lowest BCUT2D eigenvalue weighted by atomic mass is 10.1. The first kappa shape index (κ1) is 14.1. The smallest absolute Gasteiger partial charge is 0.223 e. The molecule has 0 N–H and O–H groups in total. The molecule has 0 heterocycles. The van der Waals surface area contributed by atoms with Gasteiger partial charge in [0.2, 0.25) is 5.91 Å². The molecular formula is C14H21NOS. The van der Waals surface area contributed by atoms with Crippen molar-refractivity contribution in [2.75, 3.05) is 19.3 Å². The van der Waals surface area contributed by atoms with Crippen LogP contribution < -0.4 is 0 Å². The predicted molar refractivity (Wildman–Crippen MR) is 75.6 cm³/mol. The third kappa shape index (κ3) is 4.82. The zero-order valence-electron chi connectivity index (χ0n) is 10.6. The van der Waals surface area contributed by atoms with Crippen molar-refractivity contribution in [3.05, 3.63) is 35.4 Å². The Morgan fingerprint density at radius 3 is 2.35 bits per heavy atom.